The molecule has 3 rings (SSSR count). The maximum absolute atomic E-state index is 11.7. The van der Waals surface area contributed by atoms with Crippen LogP contribution in [-0.4, -0.2) is 10.8 Å². The fourth-order valence-corrected chi connectivity index (χ4v) is 2.40. The lowest BCUT2D eigenvalue weighted by atomic mass is 10.0. The average Bonchev–Trinajstić information content (AvgIpc) is 2.57. The van der Waals surface area contributed by atoms with E-state index < -0.39 is 10.8 Å². The summed E-state index contributed by atoms with van der Waals surface area (Å²) in [6.45, 7) is 0. The summed E-state index contributed by atoms with van der Waals surface area (Å²) in [4.78, 5) is 21.9. The molecule has 0 atom stereocenters. The molecule has 3 aromatic rings. The molecular weight excluding hydrogens is 310 g/mol. The second-order valence-corrected chi connectivity index (χ2v) is 5.11. The largest absolute Gasteiger partial charge is 0.454 e. The van der Waals surface area contributed by atoms with Crippen LogP contribution in [0.15, 0.2) is 54.6 Å². The van der Waals surface area contributed by atoms with Crippen LogP contribution in [0.1, 0.15) is 10.4 Å². The number of amides is 1. The van der Waals surface area contributed by atoms with Crippen molar-refractivity contribution < 1.29 is 14.5 Å². The summed E-state index contributed by atoms with van der Waals surface area (Å²) in [5, 5.41) is 12.2. The van der Waals surface area contributed by atoms with E-state index in [-0.39, 0.29) is 22.7 Å². The van der Waals surface area contributed by atoms with Gasteiger partial charge >= 0.3 is 0 Å². The number of nitrogens with zero attached hydrogens (tertiary/aromatic N) is 1. The maximum Gasteiger partial charge on any atom is 0.269 e. The van der Waals surface area contributed by atoms with E-state index in [1.165, 1.54) is 24.3 Å². The zero-order valence-electron chi connectivity index (χ0n) is 12.4. The molecule has 7 nitrogen and oxygen atoms in total. The van der Waals surface area contributed by atoms with E-state index in [9.17, 15) is 14.9 Å². The molecule has 0 saturated carbocycles. The Morgan fingerprint density at radius 2 is 1.75 bits per heavy atom. The van der Waals surface area contributed by atoms with Gasteiger partial charge in [0.05, 0.1) is 16.2 Å². The number of anilines is 1. The fraction of sp³-hybridized carbons (Fsp3) is 0. The summed E-state index contributed by atoms with van der Waals surface area (Å²) < 4.78 is 5.70. The summed E-state index contributed by atoms with van der Waals surface area (Å²) in [7, 11) is 0. The van der Waals surface area contributed by atoms with Crippen LogP contribution in [0, 0.1) is 10.1 Å². The first-order valence-electron chi connectivity index (χ1n) is 7.00. The highest BCUT2D eigenvalue weighted by Gasteiger charge is 2.17. The van der Waals surface area contributed by atoms with Crippen LogP contribution in [0.4, 0.5) is 11.4 Å². The van der Waals surface area contributed by atoms with Gasteiger partial charge in [-0.3, -0.25) is 14.9 Å². The predicted molar refractivity (Wildman–Crippen MR) is 90.0 cm³/mol. The number of carbonyl (C=O) groups excluding carboxylic acids is 1. The Hall–Kier alpha value is -3.61. The Labute approximate surface area is 136 Å². The van der Waals surface area contributed by atoms with Gasteiger partial charge in [-0.05, 0) is 23.6 Å². The number of nitro benzene ring substituents is 1. The fourth-order valence-electron chi connectivity index (χ4n) is 2.40. The van der Waals surface area contributed by atoms with Gasteiger partial charge in [-0.1, -0.05) is 24.3 Å². The van der Waals surface area contributed by atoms with Crippen molar-refractivity contribution in [3.05, 3.63) is 70.3 Å². The molecule has 0 unspecified atom stereocenters. The number of rotatable bonds is 4. The van der Waals surface area contributed by atoms with Gasteiger partial charge in [-0.15, -0.1) is 0 Å². The molecule has 1 amide bonds. The highest BCUT2D eigenvalue weighted by molar-refractivity contribution is 6.06. The number of carbonyl (C=O) groups is 1. The molecule has 3 aromatic carbocycles. The van der Waals surface area contributed by atoms with Crippen LogP contribution in [0.25, 0.3) is 10.8 Å². The van der Waals surface area contributed by atoms with E-state index in [0.29, 0.717) is 5.75 Å². The van der Waals surface area contributed by atoms with Crippen LogP contribution in [0.2, 0.25) is 0 Å². The number of ether oxygens (including phenoxy) is 1. The van der Waals surface area contributed by atoms with Gasteiger partial charge in [0.25, 0.3) is 11.6 Å². The van der Waals surface area contributed by atoms with Crippen molar-refractivity contribution in [2.24, 2.45) is 5.73 Å². The lowest BCUT2D eigenvalue weighted by molar-refractivity contribution is -0.384. The van der Waals surface area contributed by atoms with Gasteiger partial charge < -0.3 is 16.2 Å². The molecule has 0 heterocycles. The third-order valence-electron chi connectivity index (χ3n) is 3.57. The first-order chi connectivity index (χ1) is 11.5. The molecular formula is C17H13N3O4. The smallest absolute Gasteiger partial charge is 0.269 e. The van der Waals surface area contributed by atoms with Crippen LogP contribution >= 0.6 is 0 Å². The summed E-state index contributed by atoms with van der Waals surface area (Å²) in [6, 6.07) is 14.3. The van der Waals surface area contributed by atoms with E-state index in [1.54, 1.807) is 12.1 Å². The number of benzene rings is 3. The van der Waals surface area contributed by atoms with Gasteiger partial charge in [-0.25, -0.2) is 0 Å². The molecule has 120 valence electrons. The second-order valence-electron chi connectivity index (χ2n) is 5.11. The third-order valence-corrected chi connectivity index (χ3v) is 3.57. The number of hydrogen-bond donors (Lipinski definition) is 2. The molecule has 0 bridgehead atoms. The minimum Gasteiger partial charge on any atom is -0.454 e. The Bertz CT molecular complexity index is 952. The van der Waals surface area contributed by atoms with Crippen molar-refractivity contribution in [2.45, 2.75) is 0 Å². The number of fused-ring (bicyclic) bond motifs is 1. The number of non-ortho nitro benzene ring substituents is 1. The van der Waals surface area contributed by atoms with Crippen molar-refractivity contribution in [3.63, 3.8) is 0 Å². The summed E-state index contributed by atoms with van der Waals surface area (Å²) in [6.07, 6.45) is 0. The second kappa shape index (κ2) is 5.88. The van der Waals surface area contributed by atoms with Crippen molar-refractivity contribution >= 4 is 28.1 Å². The van der Waals surface area contributed by atoms with E-state index in [2.05, 4.69) is 0 Å². The van der Waals surface area contributed by atoms with Crippen LogP contribution < -0.4 is 16.2 Å². The van der Waals surface area contributed by atoms with Gasteiger partial charge in [0, 0.05) is 17.5 Å². The van der Waals surface area contributed by atoms with E-state index >= 15 is 0 Å². The zero-order chi connectivity index (χ0) is 17.3. The van der Waals surface area contributed by atoms with Gasteiger partial charge in [0.1, 0.15) is 5.75 Å². The normalized spacial score (nSPS) is 10.5. The van der Waals surface area contributed by atoms with Crippen molar-refractivity contribution in [2.75, 3.05) is 5.73 Å². The first kappa shape index (κ1) is 15.3. The number of nitro groups is 1. The van der Waals surface area contributed by atoms with E-state index in [1.807, 2.05) is 18.2 Å². The van der Waals surface area contributed by atoms with Crippen LogP contribution in [0.5, 0.6) is 11.5 Å². The van der Waals surface area contributed by atoms with Gasteiger partial charge in [0.15, 0.2) is 5.75 Å². The van der Waals surface area contributed by atoms with Crippen molar-refractivity contribution in [1.82, 2.24) is 0 Å². The van der Waals surface area contributed by atoms with Crippen LogP contribution in [0.3, 0.4) is 0 Å². The molecule has 0 saturated heterocycles. The molecule has 7 heteroatoms. The molecule has 24 heavy (non-hydrogen) atoms. The lowest BCUT2D eigenvalue weighted by Crippen LogP contribution is -2.13. The molecule has 0 fully saturated rings. The Morgan fingerprint density at radius 3 is 2.38 bits per heavy atom. The summed E-state index contributed by atoms with van der Waals surface area (Å²) >= 11 is 0. The Morgan fingerprint density at radius 1 is 1.08 bits per heavy atom. The number of nitrogen functional groups attached to an aromatic ring is 1. The average molecular weight is 323 g/mol. The Balaban J connectivity index is 2.10. The van der Waals surface area contributed by atoms with E-state index in [0.717, 1.165) is 10.8 Å². The van der Waals surface area contributed by atoms with Gasteiger partial charge in [0.2, 0.25) is 0 Å². The third kappa shape index (κ3) is 2.70. The quantitative estimate of drug-likeness (QED) is 0.433. The molecule has 4 N–H and O–H groups in total. The number of hydrogen-bond acceptors (Lipinski definition) is 5. The SMILES string of the molecule is NC(=O)c1cc2ccccc2c(N)c1Oc1ccc([N+](=O)[O-])cc1. The molecule has 0 spiro atoms. The monoisotopic (exact) mass is 323 g/mol. The van der Waals surface area contributed by atoms with E-state index in [4.69, 9.17) is 16.2 Å². The van der Waals surface area contributed by atoms with Crippen molar-refractivity contribution in [1.29, 1.82) is 0 Å². The highest BCUT2D eigenvalue weighted by atomic mass is 16.6. The zero-order valence-corrected chi connectivity index (χ0v) is 12.4. The molecule has 0 aliphatic heterocycles. The van der Waals surface area contributed by atoms with Crippen molar-refractivity contribution in [3.8, 4) is 11.5 Å². The maximum atomic E-state index is 11.7. The standard InChI is InChI=1S/C17H13N3O4/c18-15-13-4-2-1-3-10(13)9-14(17(19)21)16(15)24-12-7-5-11(6-8-12)20(22)23/h1-9H,18H2,(H2,19,21). The number of primary amides is 1. The van der Waals surface area contributed by atoms with Gasteiger partial charge in [-0.2, -0.15) is 0 Å². The number of nitrogens with two attached hydrogens (primary N) is 2. The highest BCUT2D eigenvalue weighted by Crippen LogP contribution is 2.37. The lowest BCUT2D eigenvalue weighted by Gasteiger charge is -2.14. The predicted octanol–water partition coefficient (Wildman–Crippen LogP) is 3.22. The Kier molecular flexibility index (Phi) is 3.75. The molecule has 0 aliphatic carbocycles. The summed E-state index contributed by atoms with van der Waals surface area (Å²) in [5.74, 6) is -0.232. The summed E-state index contributed by atoms with van der Waals surface area (Å²) in [5.41, 5.74) is 11.9. The minimum atomic E-state index is -0.677. The minimum absolute atomic E-state index is 0.0658. The topological polar surface area (TPSA) is 121 Å². The molecule has 0 aromatic heterocycles. The molecule has 0 aliphatic rings. The van der Waals surface area contributed by atoms with Crippen LogP contribution in [-0.2, 0) is 0 Å². The molecule has 0 radical (unpaired) electrons. The first-order valence-corrected chi connectivity index (χ1v) is 7.00.